The maximum atomic E-state index is 13.9. The molecule has 0 saturated carbocycles. The molecule has 0 aliphatic heterocycles. The Labute approximate surface area is 170 Å². The zero-order valence-electron chi connectivity index (χ0n) is 16.8. The summed E-state index contributed by atoms with van der Waals surface area (Å²) in [4.78, 5) is 0. The maximum Gasteiger partial charge on any atom is 0.418 e. The van der Waals surface area contributed by atoms with E-state index in [-0.39, 0.29) is 11.3 Å². The van der Waals surface area contributed by atoms with Gasteiger partial charge in [-0.15, -0.1) is 0 Å². The Balaban J connectivity index is 1.91. The van der Waals surface area contributed by atoms with Crippen molar-refractivity contribution in [2.75, 3.05) is 11.9 Å². The van der Waals surface area contributed by atoms with Crippen molar-refractivity contribution in [1.82, 2.24) is 9.78 Å². The number of phenolic OH excluding ortho intramolecular Hbond substituents is 1. The summed E-state index contributed by atoms with van der Waals surface area (Å²) in [5, 5.41) is 28.1. The molecule has 0 spiro atoms. The summed E-state index contributed by atoms with van der Waals surface area (Å²) in [6.45, 7) is 2.00. The molecule has 0 aliphatic rings. The second-order valence-electron chi connectivity index (χ2n) is 8.11. The maximum absolute atomic E-state index is 13.9. The van der Waals surface area contributed by atoms with Gasteiger partial charge in [-0.2, -0.15) is 18.3 Å². The van der Waals surface area contributed by atoms with Crippen LogP contribution in [0.1, 0.15) is 25.8 Å². The molecule has 3 N–H and O–H groups in total. The van der Waals surface area contributed by atoms with Crippen molar-refractivity contribution < 1.29 is 27.8 Å². The van der Waals surface area contributed by atoms with Gasteiger partial charge in [0.05, 0.1) is 18.3 Å². The van der Waals surface area contributed by atoms with Gasteiger partial charge in [-0.05, 0) is 42.2 Å². The zero-order chi connectivity index (χ0) is 22.3. The average molecular weight is 425 g/mol. The molecule has 0 bridgehead atoms. The van der Waals surface area contributed by atoms with Crippen LogP contribution < -0.4 is 5.32 Å². The predicted octanol–water partition coefficient (Wildman–Crippen LogP) is 4.49. The standard InChI is InChI=1S/C21H23F4N3O2/c1-19(2,15-9-13(22)7-8-18(15)29)11-20(30,21(23,24)25)12-26-16-5-4-6-17-14(16)10-27-28(17)3/h4-10,26,29-30H,11-12H2,1-3H3. The number of nitrogens with one attached hydrogen (secondary N) is 1. The van der Waals surface area contributed by atoms with Crippen LogP contribution in [-0.2, 0) is 12.5 Å². The van der Waals surface area contributed by atoms with Crippen LogP contribution in [0, 0.1) is 5.82 Å². The van der Waals surface area contributed by atoms with Crippen LogP contribution in [0.25, 0.3) is 10.9 Å². The lowest BCUT2D eigenvalue weighted by Crippen LogP contribution is -2.53. The molecular weight excluding hydrogens is 402 g/mol. The Morgan fingerprint density at radius 3 is 2.50 bits per heavy atom. The van der Waals surface area contributed by atoms with E-state index in [1.807, 2.05) is 0 Å². The van der Waals surface area contributed by atoms with Gasteiger partial charge >= 0.3 is 6.18 Å². The number of anilines is 1. The Morgan fingerprint density at radius 1 is 1.13 bits per heavy atom. The average Bonchev–Trinajstić information content (AvgIpc) is 3.02. The van der Waals surface area contributed by atoms with Crippen LogP contribution in [-0.4, -0.2) is 38.3 Å². The van der Waals surface area contributed by atoms with Crippen molar-refractivity contribution in [2.45, 2.75) is 37.5 Å². The van der Waals surface area contributed by atoms with Crippen LogP contribution in [0.3, 0.4) is 0 Å². The van der Waals surface area contributed by atoms with Crippen molar-refractivity contribution in [1.29, 1.82) is 0 Å². The summed E-state index contributed by atoms with van der Waals surface area (Å²) < 4.78 is 57.0. The van der Waals surface area contributed by atoms with Gasteiger partial charge in [0.15, 0.2) is 5.60 Å². The van der Waals surface area contributed by atoms with E-state index >= 15 is 0 Å². The molecule has 3 rings (SSSR count). The van der Waals surface area contributed by atoms with E-state index < -0.39 is 36.0 Å². The topological polar surface area (TPSA) is 70.3 Å². The predicted molar refractivity (Wildman–Crippen MR) is 106 cm³/mol. The molecule has 3 aromatic rings. The van der Waals surface area contributed by atoms with Crippen molar-refractivity contribution in [3.63, 3.8) is 0 Å². The number of nitrogens with zero attached hydrogens (tertiary/aromatic N) is 2. The molecule has 2 aromatic carbocycles. The molecular formula is C21H23F4N3O2. The van der Waals surface area contributed by atoms with Crippen molar-refractivity contribution >= 4 is 16.6 Å². The molecule has 0 amide bonds. The molecule has 0 aliphatic carbocycles. The van der Waals surface area contributed by atoms with Crippen LogP contribution in [0.2, 0.25) is 0 Å². The number of halogens is 4. The van der Waals surface area contributed by atoms with E-state index in [1.165, 1.54) is 20.0 Å². The SMILES string of the molecule is Cn1ncc2c(NCC(O)(CC(C)(C)c3cc(F)ccc3O)C(F)(F)F)cccc21. The van der Waals surface area contributed by atoms with Crippen LogP contribution in [0.4, 0.5) is 23.2 Å². The first-order chi connectivity index (χ1) is 13.8. The fourth-order valence-electron chi connectivity index (χ4n) is 3.71. The molecule has 5 nitrogen and oxygen atoms in total. The van der Waals surface area contributed by atoms with Gasteiger partial charge in [0.2, 0.25) is 0 Å². The molecule has 1 aromatic heterocycles. The first kappa shape index (κ1) is 21.9. The van der Waals surface area contributed by atoms with E-state index in [0.717, 1.165) is 23.7 Å². The van der Waals surface area contributed by atoms with Gasteiger partial charge in [-0.3, -0.25) is 4.68 Å². The molecule has 1 unspecified atom stereocenters. The lowest BCUT2D eigenvalue weighted by molar-refractivity contribution is -0.260. The first-order valence-corrected chi connectivity index (χ1v) is 9.27. The number of aromatic nitrogens is 2. The van der Waals surface area contributed by atoms with E-state index in [0.29, 0.717) is 11.1 Å². The second-order valence-corrected chi connectivity index (χ2v) is 8.11. The lowest BCUT2D eigenvalue weighted by Gasteiger charge is -2.38. The molecule has 30 heavy (non-hydrogen) atoms. The Kier molecular flexibility index (Phi) is 5.44. The minimum absolute atomic E-state index is 0.0143. The van der Waals surface area contributed by atoms with Gasteiger partial charge in [0.1, 0.15) is 11.6 Å². The number of rotatable bonds is 6. The van der Waals surface area contributed by atoms with E-state index in [1.54, 1.807) is 29.9 Å². The molecule has 0 radical (unpaired) electrons. The van der Waals surface area contributed by atoms with E-state index in [2.05, 4.69) is 10.4 Å². The number of hydrogen-bond acceptors (Lipinski definition) is 4. The fraction of sp³-hybridized carbons (Fsp3) is 0.381. The van der Waals surface area contributed by atoms with E-state index in [9.17, 15) is 27.8 Å². The highest BCUT2D eigenvalue weighted by Crippen LogP contribution is 2.43. The third kappa shape index (κ3) is 4.07. The summed E-state index contributed by atoms with van der Waals surface area (Å²) >= 11 is 0. The summed E-state index contributed by atoms with van der Waals surface area (Å²) in [7, 11) is 1.71. The largest absolute Gasteiger partial charge is 0.508 e. The summed E-state index contributed by atoms with van der Waals surface area (Å²) in [6.07, 6.45) is -4.24. The fourth-order valence-corrected chi connectivity index (χ4v) is 3.71. The molecule has 1 heterocycles. The monoisotopic (exact) mass is 425 g/mol. The highest BCUT2D eigenvalue weighted by atomic mass is 19.4. The van der Waals surface area contributed by atoms with Crippen molar-refractivity contribution in [3.05, 3.63) is 54.0 Å². The Morgan fingerprint density at radius 2 is 1.83 bits per heavy atom. The first-order valence-electron chi connectivity index (χ1n) is 9.27. The smallest absolute Gasteiger partial charge is 0.418 e. The zero-order valence-corrected chi connectivity index (χ0v) is 16.8. The second kappa shape index (κ2) is 7.46. The molecule has 0 fully saturated rings. The van der Waals surface area contributed by atoms with Crippen LogP contribution in [0.15, 0.2) is 42.6 Å². The number of benzene rings is 2. The van der Waals surface area contributed by atoms with Crippen molar-refractivity contribution in [3.8, 4) is 5.75 Å². The molecule has 1 atom stereocenters. The summed E-state index contributed by atoms with van der Waals surface area (Å²) in [6, 6.07) is 8.13. The number of aryl methyl sites for hydroxylation is 1. The summed E-state index contributed by atoms with van der Waals surface area (Å²) in [5.41, 5.74) is -3.41. The van der Waals surface area contributed by atoms with Gasteiger partial charge in [0.25, 0.3) is 0 Å². The third-order valence-corrected chi connectivity index (χ3v) is 5.31. The minimum Gasteiger partial charge on any atom is -0.508 e. The lowest BCUT2D eigenvalue weighted by atomic mass is 9.74. The number of hydrogen-bond donors (Lipinski definition) is 3. The number of alkyl halides is 3. The minimum atomic E-state index is -4.97. The van der Waals surface area contributed by atoms with Gasteiger partial charge in [-0.25, -0.2) is 4.39 Å². The highest BCUT2D eigenvalue weighted by Gasteiger charge is 2.56. The van der Waals surface area contributed by atoms with Crippen molar-refractivity contribution in [2.24, 2.45) is 7.05 Å². The van der Waals surface area contributed by atoms with E-state index in [4.69, 9.17) is 0 Å². The third-order valence-electron chi connectivity index (χ3n) is 5.31. The molecule has 162 valence electrons. The van der Waals surface area contributed by atoms with Gasteiger partial charge in [0, 0.05) is 23.7 Å². The number of fused-ring (bicyclic) bond motifs is 1. The number of phenols is 1. The number of aromatic hydroxyl groups is 1. The number of aliphatic hydroxyl groups is 1. The normalized spacial score (nSPS) is 14.7. The Bertz CT molecular complexity index is 1060. The van der Waals surface area contributed by atoms with Crippen LogP contribution >= 0.6 is 0 Å². The van der Waals surface area contributed by atoms with Gasteiger partial charge in [-0.1, -0.05) is 19.9 Å². The van der Waals surface area contributed by atoms with Crippen LogP contribution in [0.5, 0.6) is 5.75 Å². The summed E-state index contributed by atoms with van der Waals surface area (Å²) in [5.74, 6) is -1.02. The molecule has 9 heteroatoms. The quantitative estimate of drug-likeness (QED) is 0.509. The Hall–Kier alpha value is -2.81. The highest BCUT2D eigenvalue weighted by molar-refractivity contribution is 5.91. The molecule has 0 saturated heterocycles. The van der Waals surface area contributed by atoms with Gasteiger partial charge < -0.3 is 15.5 Å².